The van der Waals surface area contributed by atoms with Crippen molar-refractivity contribution < 1.29 is 8.78 Å². The van der Waals surface area contributed by atoms with E-state index in [0.29, 0.717) is 11.4 Å². The summed E-state index contributed by atoms with van der Waals surface area (Å²) in [6.45, 7) is 8.00. The molecule has 3 aromatic rings. The summed E-state index contributed by atoms with van der Waals surface area (Å²) < 4.78 is 29.0. The van der Waals surface area contributed by atoms with Gasteiger partial charge in [-0.1, -0.05) is 24.8 Å². The lowest BCUT2D eigenvalue weighted by atomic mass is 9.98. The quantitative estimate of drug-likeness (QED) is 0.237. The van der Waals surface area contributed by atoms with E-state index < -0.39 is 11.9 Å². The third-order valence-electron chi connectivity index (χ3n) is 6.40. The number of pyridine rings is 1. The minimum atomic E-state index is -0.809. The van der Waals surface area contributed by atoms with E-state index in [1.807, 2.05) is 18.2 Å². The van der Waals surface area contributed by atoms with E-state index in [2.05, 4.69) is 39.1 Å². The van der Waals surface area contributed by atoms with Crippen molar-refractivity contribution in [3.05, 3.63) is 101 Å². The molecule has 36 heavy (non-hydrogen) atoms. The summed E-state index contributed by atoms with van der Waals surface area (Å²) in [4.78, 5) is 12.5. The molecule has 7 nitrogen and oxygen atoms in total. The van der Waals surface area contributed by atoms with Gasteiger partial charge in [0, 0.05) is 40.6 Å². The van der Waals surface area contributed by atoms with Crippen LogP contribution in [0.5, 0.6) is 0 Å². The highest BCUT2D eigenvalue weighted by molar-refractivity contribution is 6.31. The zero-order valence-corrected chi connectivity index (χ0v) is 20.1. The number of hydrogen-bond donors (Lipinski definition) is 3. The number of nitrogen functional groups attached to an aromatic ring is 1. The van der Waals surface area contributed by atoms with Crippen molar-refractivity contribution in [2.45, 2.75) is 25.3 Å². The second-order valence-corrected chi connectivity index (χ2v) is 9.11. The number of nitrogens with one attached hydrogen (secondary N) is 1. The van der Waals surface area contributed by atoms with Gasteiger partial charge < -0.3 is 15.6 Å². The number of rotatable bonds is 6. The molecule has 2 aliphatic heterocycles. The first-order valence-electron chi connectivity index (χ1n) is 11.3. The summed E-state index contributed by atoms with van der Waals surface area (Å²) >= 11 is 6.28. The van der Waals surface area contributed by atoms with E-state index in [1.165, 1.54) is 23.3 Å². The molecular formula is C26H24ClF2N7. The van der Waals surface area contributed by atoms with Crippen LogP contribution < -0.4 is 16.6 Å². The first kappa shape index (κ1) is 23.8. The van der Waals surface area contributed by atoms with Crippen LogP contribution in [0.3, 0.4) is 0 Å². The number of hydrogen-bond acceptors (Lipinski definition) is 6. The van der Waals surface area contributed by atoms with Crippen molar-refractivity contribution in [1.82, 2.24) is 19.9 Å². The van der Waals surface area contributed by atoms with E-state index in [9.17, 15) is 8.78 Å². The highest BCUT2D eigenvalue weighted by Crippen LogP contribution is 2.41. The average Bonchev–Trinajstić information content (AvgIpc) is 3.42. The van der Waals surface area contributed by atoms with Gasteiger partial charge in [0.25, 0.3) is 0 Å². The highest BCUT2D eigenvalue weighted by Gasteiger charge is 2.33. The zero-order chi connectivity index (χ0) is 25.6. The molecule has 5 N–H and O–H groups in total. The number of benzene rings is 1. The van der Waals surface area contributed by atoms with Crippen LogP contribution in [0.25, 0.3) is 17.0 Å². The Hall–Kier alpha value is -3.95. The summed E-state index contributed by atoms with van der Waals surface area (Å²) in [5.41, 5.74) is 10.2. The van der Waals surface area contributed by atoms with Gasteiger partial charge in [-0.15, -0.1) is 0 Å². The van der Waals surface area contributed by atoms with Crippen molar-refractivity contribution >= 4 is 28.7 Å². The third-order valence-corrected chi connectivity index (χ3v) is 6.63. The average molecular weight is 508 g/mol. The van der Waals surface area contributed by atoms with Gasteiger partial charge in [-0.25, -0.2) is 10.8 Å². The summed E-state index contributed by atoms with van der Waals surface area (Å²) in [5.74, 6) is 4.72. The SMILES string of the molecule is C=CN(N)c1ccc(Cl)cc1C1=CC(=C)N2C(=C1)CCC2Cc1[nH]c(-c2ccc(N)nc2F)nc1F. The Morgan fingerprint density at radius 1 is 1.17 bits per heavy atom. The zero-order valence-electron chi connectivity index (χ0n) is 19.3. The number of anilines is 2. The van der Waals surface area contributed by atoms with Gasteiger partial charge in [0.15, 0.2) is 0 Å². The molecule has 5 rings (SSSR count). The van der Waals surface area contributed by atoms with Crippen LogP contribution in [0, 0.1) is 11.9 Å². The first-order chi connectivity index (χ1) is 17.2. The molecular weight excluding hydrogens is 484 g/mol. The maximum absolute atomic E-state index is 14.7. The topological polar surface area (TPSA) is 100 Å². The molecule has 184 valence electrons. The number of allylic oxidation sites excluding steroid dienone is 4. The molecule has 2 aromatic heterocycles. The lowest BCUT2D eigenvalue weighted by Gasteiger charge is -2.32. The minimum absolute atomic E-state index is 0.0402. The number of hydrazine groups is 1. The number of imidazole rings is 1. The number of nitrogens with zero attached hydrogens (tertiary/aromatic N) is 4. The lowest BCUT2D eigenvalue weighted by molar-refractivity contribution is 0.361. The summed E-state index contributed by atoms with van der Waals surface area (Å²) in [7, 11) is 0. The monoisotopic (exact) mass is 507 g/mol. The summed E-state index contributed by atoms with van der Waals surface area (Å²) in [6, 6.07) is 8.28. The fourth-order valence-electron chi connectivity index (χ4n) is 4.75. The number of aromatic nitrogens is 3. The van der Waals surface area contributed by atoms with Crippen LogP contribution in [0.4, 0.5) is 20.3 Å². The molecule has 0 radical (unpaired) electrons. The minimum Gasteiger partial charge on any atom is -0.384 e. The number of nitrogens with two attached hydrogens (primary N) is 2. The molecule has 0 aliphatic carbocycles. The van der Waals surface area contributed by atoms with Crippen molar-refractivity contribution in [2.75, 3.05) is 10.7 Å². The Labute approximate surface area is 212 Å². The molecule has 0 spiro atoms. The van der Waals surface area contributed by atoms with Gasteiger partial charge in [0.1, 0.15) is 11.6 Å². The molecule has 0 amide bonds. The van der Waals surface area contributed by atoms with Crippen molar-refractivity contribution in [3.63, 3.8) is 0 Å². The smallest absolute Gasteiger partial charge is 0.234 e. The van der Waals surface area contributed by atoms with E-state index in [1.54, 1.807) is 6.07 Å². The second-order valence-electron chi connectivity index (χ2n) is 8.67. The Morgan fingerprint density at radius 3 is 2.72 bits per heavy atom. The molecule has 0 bridgehead atoms. The predicted octanol–water partition coefficient (Wildman–Crippen LogP) is 5.31. The van der Waals surface area contributed by atoms with Gasteiger partial charge in [-0.3, -0.25) is 5.01 Å². The van der Waals surface area contributed by atoms with Gasteiger partial charge in [0.2, 0.25) is 11.9 Å². The van der Waals surface area contributed by atoms with E-state index in [-0.39, 0.29) is 28.9 Å². The fraction of sp³-hybridized carbons (Fsp3) is 0.154. The predicted molar refractivity (Wildman–Crippen MR) is 138 cm³/mol. The van der Waals surface area contributed by atoms with Crippen LogP contribution in [-0.2, 0) is 6.42 Å². The molecule has 4 heterocycles. The Morgan fingerprint density at radius 2 is 1.97 bits per heavy atom. The van der Waals surface area contributed by atoms with E-state index in [4.69, 9.17) is 23.2 Å². The van der Waals surface area contributed by atoms with Crippen molar-refractivity contribution in [3.8, 4) is 11.4 Å². The van der Waals surface area contributed by atoms with Gasteiger partial charge in [-0.2, -0.15) is 13.8 Å². The van der Waals surface area contributed by atoms with E-state index in [0.717, 1.165) is 41.1 Å². The maximum Gasteiger partial charge on any atom is 0.234 e. The molecule has 1 unspecified atom stereocenters. The molecule has 1 atom stereocenters. The number of H-pyrrole nitrogens is 1. The summed E-state index contributed by atoms with van der Waals surface area (Å²) in [5, 5.41) is 2.02. The lowest BCUT2D eigenvalue weighted by Crippen LogP contribution is -2.30. The number of fused-ring (bicyclic) bond motifs is 1. The third kappa shape index (κ3) is 4.27. The number of halogens is 3. The van der Waals surface area contributed by atoms with Gasteiger partial charge >= 0.3 is 0 Å². The van der Waals surface area contributed by atoms with Crippen LogP contribution in [-0.4, -0.2) is 25.9 Å². The van der Waals surface area contributed by atoms with Crippen molar-refractivity contribution in [2.24, 2.45) is 5.84 Å². The van der Waals surface area contributed by atoms with Gasteiger partial charge in [-0.05, 0) is 60.9 Å². The second kappa shape index (κ2) is 9.25. The number of aromatic amines is 1. The molecule has 1 saturated heterocycles. The molecule has 2 aliphatic rings. The molecule has 1 aromatic carbocycles. The Kier molecular flexibility index (Phi) is 6.11. The van der Waals surface area contributed by atoms with Crippen LogP contribution in [0.15, 0.2) is 73.2 Å². The van der Waals surface area contributed by atoms with E-state index >= 15 is 0 Å². The largest absolute Gasteiger partial charge is 0.384 e. The Balaban J connectivity index is 1.40. The molecule has 10 heteroatoms. The molecule has 0 saturated carbocycles. The Bertz CT molecular complexity index is 1440. The summed E-state index contributed by atoms with van der Waals surface area (Å²) in [6.07, 6.45) is 7.47. The molecule has 1 fully saturated rings. The standard InChI is InChI=1S/C26H24ClF2N7/c1-3-35(31)22-8-4-16(27)12-20(22)15-10-14(2)36-17(11-15)5-6-18(36)13-21-25(29)34-26(32-21)19-7-9-23(30)33-24(19)28/h3-4,7-12,18H,1-2,5-6,13,31H2,(H2,30,33)(H,32,34). The maximum atomic E-state index is 14.7. The first-order valence-corrected chi connectivity index (χ1v) is 11.7. The van der Waals surface area contributed by atoms with Crippen LogP contribution in [0.1, 0.15) is 24.1 Å². The van der Waals surface area contributed by atoms with Crippen LogP contribution in [0.2, 0.25) is 5.02 Å². The highest BCUT2D eigenvalue weighted by atomic mass is 35.5. The van der Waals surface area contributed by atoms with Crippen molar-refractivity contribution in [1.29, 1.82) is 0 Å². The van der Waals surface area contributed by atoms with Crippen LogP contribution >= 0.6 is 11.6 Å². The van der Waals surface area contributed by atoms with Gasteiger partial charge in [0.05, 0.1) is 16.9 Å². The fourth-order valence-corrected chi connectivity index (χ4v) is 4.92. The normalized spacial score (nSPS) is 17.1.